The van der Waals surface area contributed by atoms with Crippen molar-refractivity contribution in [1.82, 2.24) is 9.97 Å². The van der Waals surface area contributed by atoms with Crippen molar-refractivity contribution >= 4 is 11.7 Å². The molecule has 35 heavy (non-hydrogen) atoms. The number of phenols is 2. The van der Waals surface area contributed by atoms with Gasteiger partial charge in [0.1, 0.15) is 11.5 Å². The quantitative estimate of drug-likeness (QED) is 0.443. The number of aromatic nitrogens is 2. The fourth-order valence-electron chi connectivity index (χ4n) is 7.26. The Labute approximate surface area is 205 Å². The Morgan fingerprint density at radius 2 is 1.46 bits per heavy atom. The van der Waals surface area contributed by atoms with Crippen LogP contribution in [0.15, 0.2) is 54.7 Å². The zero-order valence-corrected chi connectivity index (χ0v) is 19.8. The van der Waals surface area contributed by atoms with Gasteiger partial charge in [-0.3, -0.25) is 4.79 Å². The van der Waals surface area contributed by atoms with Gasteiger partial charge in [0.15, 0.2) is 5.82 Å². The van der Waals surface area contributed by atoms with E-state index in [-0.39, 0.29) is 29.2 Å². The number of carbonyl (C=O) groups is 1. The molecule has 6 heteroatoms. The smallest absolute Gasteiger partial charge is 0.229 e. The summed E-state index contributed by atoms with van der Waals surface area (Å²) in [5.74, 6) is 3.31. The van der Waals surface area contributed by atoms with Gasteiger partial charge in [-0.05, 0) is 110 Å². The molecule has 180 valence electrons. The van der Waals surface area contributed by atoms with Crippen LogP contribution >= 0.6 is 0 Å². The summed E-state index contributed by atoms with van der Waals surface area (Å²) in [5, 5.41) is 22.2. The van der Waals surface area contributed by atoms with Crippen LogP contribution in [-0.4, -0.2) is 26.1 Å². The van der Waals surface area contributed by atoms with Gasteiger partial charge >= 0.3 is 0 Å². The van der Waals surface area contributed by atoms with Crippen molar-refractivity contribution < 1.29 is 15.0 Å². The average Bonchev–Trinajstić information content (AvgIpc) is 2.81. The molecule has 7 rings (SSSR count). The van der Waals surface area contributed by atoms with E-state index in [0.717, 1.165) is 46.7 Å². The molecule has 0 radical (unpaired) electrons. The average molecular weight is 470 g/mol. The Hall–Kier alpha value is -3.41. The maximum Gasteiger partial charge on any atom is 0.229 e. The second-order valence-corrected chi connectivity index (χ2v) is 11.1. The third kappa shape index (κ3) is 4.62. The van der Waals surface area contributed by atoms with E-state index in [1.54, 1.807) is 42.6 Å². The standard InChI is InChI=1S/C29H31N3O3/c33-23-5-1-18(2-6-23)12-27(35)32-28-25(31-26(17-30-28)22-3-7-24(34)8-4-22)16-29-13-19-9-20(14-29)11-21(10-19)15-29/h1-8,17,19-21,33-34H,9-16H2,(H,30,32,35). The number of hydrogen-bond acceptors (Lipinski definition) is 5. The number of benzene rings is 2. The van der Waals surface area contributed by atoms with Gasteiger partial charge in [-0.25, -0.2) is 9.97 Å². The topological polar surface area (TPSA) is 95.3 Å². The molecule has 3 N–H and O–H groups in total. The molecule has 0 spiro atoms. The first-order chi connectivity index (χ1) is 16.9. The summed E-state index contributed by atoms with van der Waals surface area (Å²) in [4.78, 5) is 22.6. The minimum Gasteiger partial charge on any atom is -0.508 e. The van der Waals surface area contributed by atoms with Gasteiger partial charge in [-0.1, -0.05) is 12.1 Å². The highest BCUT2D eigenvalue weighted by Gasteiger charge is 2.51. The van der Waals surface area contributed by atoms with Crippen LogP contribution in [0.3, 0.4) is 0 Å². The van der Waals surface area contributed by atoms with Crippen molar-refractivity contribution in [2.24, 2.45) is 23.2 Å². The molecular formula is C29H31N3O3. The second-order valence-electron chi connectivity index (χ2n) is 11.1. The van der Waals surface area contributed by atoms with E-state index < -0.39 is 0 Å². The fraction of sp³-hybridized carbons (Fsp3) is 0.414. The van der Waals surface area contributed by atoms with Crippen LogP contribution in [0.1, 0.15) is 49.8 Å². The summed E-state index contributed by atoms with van der Waals surface area (Å²) in [7, 11) is 0. The Morgan fingerprint density at radius 3 is 2.06 bits per heavy atom. The number of anilines is 1. The molecule has 0 unspecified atom stereocenters. The number of amides is 1. The number of carbonyl (C=O) groups excluding carboxylic acids is 1. The Balaban J connectivity index is 1.29. The lowest BCUT2D eigenvalue weighted by molar-refractivity contribution is -0.115. The Bertz CT molecular complexity index is 1200. The summed E-state index contributed by atoms with van der Waals surface area (Å²) < 4.78 is 0. The van der Waals surface area contributed by atoms with Crippen LogP contribution in [0.5, 0.6) is 11.5 Å². The van der Waals surface area contributed by atoms with Gasteiger partial charge in [0, 0.05) is 5.56 Å². The highest BCUT2D eigenvalue weighted by Crippen LogP contribution is 2.61. The van der Waals surface area contributed by atoms with Gasteiger partial charge in [-0.15, -0.1) is 0 Å². The fourth-order valence-corrected chi connectivity index (χ4v) is 7.26. The SMILES string of the molecule is O=C(Cc1ccc(O)cc1)Nc1ncc(-c2ccc(O)cc2)nc1CC12CC3CC(CC(C3)C1)C2. The summed E-state index contributed by atoms with van der Waals surface area (Å²) in [6, 6.07) is 13.7. The normalized spacial score (nSPS) is 26.6. The van der Waals surface area contributed by atoms with E-state index in [1.165, 1.54) is 38.5 Å². The zero-order valence-electron chi connectivity index (χ0n) is 19.8. The number of aromatic hydroxyl groups is 2. The third-order valence-corrected chi connectivity index (χ3v) is 8.27. The molecule has 4 bridgehead atoms. The van der Waals surface area contributed by atoms with Crippen molar-refractivity contribution in [1.29, 1.82) is 0 Å². The monoisotopic (exact) mass is 469 g/mol. The van der Waals surface area contributed by atoms with Crippen LogP contribution < -0.4 is 5.32 Å². The van der Waals surface area contributed by atoms with Gasteiger partial charge in [-0.2, -0.15) is 0 Å². The van der Waals surface area contributed by atoms with E-state index in [0.29, 0.717) is 5.82 Å². The largest absolute Gasteiger partial charge is 0.508 e. The van der Waals surface area contributed by atoms with Crippen molar-refractivity contribution in [3.05, 3.63) is 66.0 Å². The molecule has 1 aromatic heterocycles. The van der Waals surface area contributed by atoms with Gasteiger partial charge in [0.25, 0.3) is 0 Å². The highest BCUT2D eigenvalue weighted by atomic mass is 16.3. The molecule has 1 heterocycles. The van der Waals surface area contributed by atoms with Gasteiger partial charge in [0.2, 0.25) is 5.91 Å². The number of rotatable bonds is 6. The van der Waals surface area contributed by atoms with Gasteiger partial charge in [0.05, 0.1) is 24.0 Å². The first-order valence-electron chi connectivity index (χ1n) is 12.7. The molecule has 6 nitrogen and oxygen atoms in total. The maximum absolute atomic E-state index is 12.9. The predicted molar refractivity (Wildman–Crippen MR) is 134 cm³/mol. The molecule has 0 aliphatic heterocycles. The molecule has 1 amide bonds. The molecule has 4 aliphatic rings. The van der Waals surface area contributed by atoms with Crippen LogP contribution in [0.2, 0.25) is 0 Å². The number of hydrogen-bond donors (Lipinski definition) is 3. The lowest BCUT2D eigenvalue weighted by atomic mass is 9.48. The van der Waals surface area contributed by atoms with Crippen molar-refractivity contribution in [2.75, 3.05) is 5.32 Å². The van der Waals surface area contributed by atoms with Crippen LogP contribution in [0.25, 0.3) is 11.3 Å². The highest BCUT2D eigenvalue weighted by molar-refractivity contribution is 5.92. The Morgan fingerprint density at radius 1 is 0.886 bits per heavy atom. The summed E-state index contributed by atoms with van der Waals surface area (Å²) in [6.07, 6.45) is 10.7. The minimum absolute atomic E-state index is 0.144. The van der Waals surface area contributed by atoms with Crippen LogP contribution in [0.4, 0.5) is 5.82 Å². The van der Waals surface area contributed by atoms with Gasteiger partial charge < -0.3 is 15.5 Å². The number of phenolic OH excluding ortho intramolecular Hbond substituents is 2. The molecule has 4 fully saturated rings. The minimum atomic E-state index is -0.144. The molecular weight excluding hydrogens is 438 g/mol. The van der Waals surface area contributed by atoms with Crippen molar-refractivity contribution in [3.8, 4) is 22.8 Å². The van der Waals surface area contributed by atoms with E-state index in [2.05, 4.69) is 10.3 Å². The lowest BCUT2D eigenvalue weighted by Gasteiger charge is -2.57. The van der Waals surface area contributed by atoms with Crippen LogP contribution in [-0.2, 0) is 17.6 Å². The zero-order chi connectivity index (χ0) is 24.0. The third-order valence-electron chi connectivity index (χ3n) is 8.27. The lowest BCUT2D eigenvalue weighted by Crippen LogP contribution is -2.47. The van der Waals surface area contributed by atoms with Crippen molar-refractivity contribution in [2.45, 2.75) is 51.4 Å². The van der Waals surface area contributed by atoms with E-state index in [1.807, 2.05) is 12.1 Å². The summed E-state index contributed by atoms with van der Waals surface area (Å²) in [6.45, 7) is 0. The van der Waals surface area contributed by atoms with E-state index >= 15 is 0 Å². The first kappa shape index (κ1) is 22.1. The number of nitrogens with one attached hydrogen (secondary N) is 1. The molecule has 0 saturated heterocycles. The predicted octanol–water partition coefficient (Wildman–Crippen LogP) is 5.49. The molecule has 2 aromatic carbocycles. The number of nitrogens with zero attached hydrogens (tertiary/aromatic N) is 2. The van der Waals surface area contributed by atoms with Crippen LogP contribution in [0, 0.1) is 23.2 Å². The van der Waals surface area contributed by atoms with E-state index in [9.17, 15) is 15.0 Å². The Kier molecular flexibility index (Phi) is 5.47. The summed E-state index contributed by atoms with van der Waals surface area (Å²) >= 11 is 0. The maximum atomic E-state index is 12.9. The molecule has 3 aromatic rings. The molecule has 4 aliphatic carbocycles. The molecule has 4 saturated carbocycles. The first-order valence-corrected chi connectivity index (χ1v) is 12.7. The van der Waals surface area contributed by atoms with E-state index in [4.69, 9.17) is 4.98 Å². The second kappa shape index (κ2) is 8.67. The van der Waals surface area contributed by atoms with Crippen molar-refractivity contribution in [3.63, 3.8) is 0 Å². The molecule has 0 atom stereocenters. The summed E-state index contributed by atoms with van der Waals surface area (Å²) in [5.41, 5.74) is 3.59.